The Hall–Kier alpha value is -1.13. The third kappa shape index (κ3) is 4.17. The van der Waals surface area contributed by atoms with Gasteiger partial charge in [-0.25, -0.2) is 0 Å². The molecule has 0 fully saturated rings. The SMILES string of the molecule is O/N=C\c1cc(Cl)c(OCc2ccc(Cl)cc2Cl)c(Cl)c1. The van der Waals surface area contributed by atoms with E-state index in [0.717, 1.165) is 5.56 Å². The molecule has 2 aromatic carbocycles. The fraction of sp³-hybridized carbons (Fsp3) is 0.0714. The van der Waals surface area contributed by atoms with E-state index >= 15 is 0 Å². The van der Waals surface area contributed by atoms with Gasteiger partial charge in [-0.2, -0.15) is 0 Å². The van der Waals surface area contributed by atoms with Crippen LogP contribution in [0.2, 0.25) is 20.1 Å². The highest BCUT2D eigenvalue weighted by Crippen LogP contribution is 2.35. The quantitative estimate of drug-likeness (QED) is 0.430. The molecular formula is C14H9Cl4NO2. The first kappa shape index (κ1) is 16.2. The van der Waals surface area contributed by atoms with Crippen molar-refractivity contribution in [2.24, 2.45) is 5.16 Å². The Bertz CT molecular complexity index is 666. The summed E-state index contributed by atoms with van der Waals surface area (Å²) in [7, 11) is 0. The van der Waals surface area contributed by atoms with Crippen molar-refractivity contribution in [1.29, 1.82) is 0 Å². The number of hydrogen-bond donors (Lipinski definition) is 1. The summed E-state index contributed by atoms with van der Waals surface area (Å²) in [5, 5.41) is 13.1. The highest BCUT2D eigenvalue weighted by Gasteiger charge is 2.11. The average Bonchev–Trinajstić information content (AvgIpc) is 2.40. The molecule has 7 heteroatoms. The van der Waals surface area contributed by atoms with E-state index in [0.29, 0.717) is 31.4 Å². The van der Waals surface area contributed by atoms with Gasteiger partial charge in [0.2, 0.25) is 0 Å². The average molecular weight is 365 g/mol. The molecular weight excluding hydrogens is 356 g/mol. The summed E-state index contributed by atoms with van der Waals surface area (Å²) in [6, 6.07) is 8.26. The first-order valence-electron chi connectivity index (χ1n) is 5.74. The third-order valence-electron chi connectivity index (χ3n) is 2.61. The lowest BCUT2D eigenvalue weighted by Gasteiger charge is -2.11. The third-order valence-corrected chi connectivity index (χ3v) is 3.76. The van der Waals surface area contributed by atoms with Crippen LogP contribution in [-0.2, 0) is 6.61 Å². The summed E-state index contributed by atoms with van der Waals surface area (Å²) in [6.07, 6.45) is 1.22. The van der Waals surface area contributed by atoms with Crippen LogP contribution in [0.1, 0.15) is 11.1 Å². The number of ether oxygens (including phenoxy) is 1. The zero-order chi connectivity index (χ0) is 15.4. The standard InChI is InChI=1S/C14H9Cl4NO2/c15-10-2-1-9(11(16)5-10)7-21-14-12(17)3-8(6-19-20)4-13(14)18/h1-6,20H,7H2/b19-6-. The van der Waals surface area contributed by atoms with Crippen LogP contribution in [0.4, 0.5) is 0 Å². The minimum Gasteiger partial charge on any atom is -0.486 e. The first-order valence-corrected chi connectivity index (χ1v) is 7.25. The molecule has 0 saturated carbocycles. The summed E-state index contributed by atoms with van der Waals surface area (Å²) in [4.78, 5) is 0. The zero-order valence-electron chi connectivity index (χ0n) is 10.5. The van der Waals surface area contributed by atoms with Gasteiger partial charge in [-0.1, -0.05) is 57.6 Å². The van der Waals surface area contributed by atoms with E-state index in [2.05, 4.69) is 5.16 Å². The number of halogens is 4. The van der Waals surface area contributed by atoms with Crippen LogP contribution in [0.15, 0.2) is 35.5 Å². The lowest BCUT2D eigenvalue weighted by Crippen LogP contribution is -1.98. The van der Waals surface area contributed by atoms with Gasteiger partial charge in [-0.05, 0) is 29.8 Å². The molecule has 0 aliphatic heterocycles. The van der Waals surface area contributed by atoms with Crippen molar-refractivity contribution in [2.45, 2.75) is 6.61 Å². The molecule has 0 aliphatic rings. The Morgan fingerprint density at radius 1 is 1.00 bits per heavy atom. The maximum Gasteiger partial charge on any atom is 0.157 e. The highest BCUT2D eigenvalue weighted by molar-refractivity contribution is 6.37. The van der Waals surface area contributed by atoms with E-state index in [1.165, 1.54) is 6.21 Å². The molecule has 0 radical (unpaired) electrons. The number of hydrogen-bond acceptors (Lipinski definition) is 3. The Morgan fingerprint density at radius 2 is 1.67 bits per heavy atom. The van der Waals surface area contributed by atoms with E-state index in [1.54, 1.807) is 30.3 Å². The van der Waals surface area contributed by atoms with Crippen molar-refractivity contribution in [3.8, 4) is 5.75 Å². The summed E-state index contributed by atoms with van der Waals surface area (Å²) in [5.41, 5.74) is 1.32. The van der Waals surface area contributed by atoms with E-state index in [-0.39, 0.29) is 6.61 Å². The first-order chi connectivity index (χ1) is 10.0. The Balaban J connectivity index is 2.20. The molecule has 0 amide bonds. The molecule has 0 atom stereocenters. The second-order valence-electron chi connectivity index (χ2n) is 4.08. The van der Waals surface area contributed by atoms with Crippen LogP contribution >= 0.6 is 46.4 Å². The van der Waals surface area contributed by atoms with Gasteiger partial charge in [0.1, 0.15) is 6.61 Å². The maximum atomic E-state index is 8.50. The van der Waals surface area contributed by atoms with Crippen LogP contribution < -0.4 is 4.74 Å². The molecule has 0 aliphatic carbocycles. The zero-order valence-corrected chi connectivity index (χ0v) is 13.5. The monoisotopic (exact) mass is 363 g/mol. The smallest absolute Gasteiger partial charge is 0.157 e. The fourth-order valence-electron chi connectivity index (χ4n) is 1.65. The Labute approximate surface area is 141 Å². The van der Waals surface area contributed by atoms with Crippen molar-refractivity contribution >= 4 is 52.6 Å². The lowest BCUT2D eigenvalue weighted by atomic mass is 10.2. The molecule has 1 N–H and O–H groups in total. The van der Waals surface area contributed by atoms with Gasteiger partial charge >= 0.3 is 0 Å². The van der Waals surface area contributed by atoms with Crippen molar-refractivity contribution in [3.63, 3.8) is 0 Å². The molecule has 3 nitrogen and oxygen atoms in total. The van der Waals surface area contributed by atoms with E-state index < -0.39 is 0 Å². The van der Waals surface area contributed by atoms with Gasteiger partial charge < -0.3 is 9.94 Å². The number of benzene rings is 2. The van der Waals surface area contributed by atoms with Crippen molar-refractivity contribution in [1.82, 2.24) is 0 Å². The fourth-order valence-corrected chi connectivity index (χ4v) is 2.72. The van der Waals surface area contributed by atoms with Gasteiger partial charge in [-0.15, -0.1) is 0 Å². The molecule has 21 heavy (non-hydrogen) atoms. The molecule has 0 aromatic heterocycles. The van der Waals surface area contributed by atoms with E-state index in [9.17, 15) is 0 Å². The molecule has 110 valence electrons. The van der Waals surface area contributed by atoms with Crippen molar-refractivity contribution < 1.29 is 9.94 Å². The predicted molar refractivity (Wildman–Crippen MR) is 86.6 cm³/mol. The maximum absolute atomic E-state index is 8.50. The number of nitrogens with zero attached hydrogens (tertiary/aromatic N) is 1. The second-order valence-corrected chi connectivity index (χ2v) is 5.74. The van der Waals surface area contributed by atoms with Gasteiger partial charge in [0.15, 0.2) is 5.75 Å². The Morgan fingerprint density at radius 3 is 2.24 bits per heavy atom. The molecule has 2 rings (SSSR count). The van der Waals surface area contributed by atoms with Crippen LogP contribution in [-0.4, -0.2) is 11.4 Å². The lowest BCUT2D eigenvalue weighted by molar-refractivity contribution is 0.306. The largest absolute Gasteiger partial charge is 0.486 e. The summed E-state index contributed by atoms with van der Waals surface area (Å²) < 4.78 is 5.61. The molecule has 0 spiro atoms. The Kier molecular flexibility index (Phi) is 5.59. The van der Waals surface area contributed by atoms with E-state index in [1.807, 2.05) is 0 Å². The van der Waals surface area contributed by atoms with Crippen LogP contribution in [0.5, 0.6) is 5.75 Å². The highest BCUT2D eigenvalue weighted by atomic mass is 35.5. The van der Waals surface area contributed by atoms with Crippen molar-refractivity contribution in [3.05, 3.63) is 61.5 Å². The second kappa shape index (κ2) is 7.23. The summed E-state index contributed by atoms with van der Waals surface area (Å²) in [5.74, 6) is 0.333. The molecule has 0 saturated heterocycles. The van der Waals surface area contributed by atoms with Crippen LogP contribution in [0.25, 0.3) is 0 Å². The van der Waals surface area contributed by atoms with Gasteiger partial charge in [-0.3, -0.25) is 0 Å². The summed E-state index contributed by atoms with van der Waals surface area (Å²) in [6.45, 7) is 0.197. The van der Waals surface area contributed by atoms with E-state index in [4.69, 9.17) is 56.3 Å². The van der Waals surface area contributed by atoms with Crippen LogP contribution in [0, 0.1) is 0 Å². The molecule has 0 bridgehead atoms. The predicted octanol–water partition coefficient (Wildman–Crippen LogP) is 5.69. The topological polar surface area (TPSA) is 41.8 Å². The van der Waals surface area contributed by atoms with Crippen LogP contribution in [0.3, 0.4) is 0 Å². The van der Waals surface area contributed by atoms with Gasteiger partial charge in [0.05, 0.1) is 16.3 Å². The number of oxime groups is 1. The van der Waals surface area contributed by atoms with Crippen molar-refractivity contribution in [2.75, 3.05) is 0 Å². The minimum absolute atomic E-state index is 0.197. The van der Waals surface area contributed by atoms with Gasteiger partial charge in [0.25, 0.3) is 0 Å². The molecule has 0 unspecified atom stereocenters. The number of rotatable bonds is 4. The molecule has 2 aromatic rings. The molecule has 0 heterocycles. The normalized spacial score (nSPS) is 11.0. The van der Waals surface area contributed by atoms with Gasteiger partial charge in [0, 0.05) is 15.6 Å². The minimum atomic E-state index is 0.197. The summed E-state index contributed by atoms with van der Waals surface area (Å²) >= 11 is 24.1.